The van der Waals surface area contributed by atoms with Crippen molar-refractivity contribution in [3.63, 3.8) is 0 Å². The molecular formula is C15H21ClN2O3. The summed E-state index contributed by atoms with van der Waals surface area (Å²) in [4.78, 5) is 23.1. The normalized spacial score (nSPS) is 12.2. The maximum atomic E-state index is 11.9. The van der Waals surface area contributed by atoms with E-state index < -0.39 is 12.0 Å². The molecule has 116 valence electrons. The predicted octanol–water partition coefficient (Wildman–Crippen LogP) is 2.76. The molecule has 5 nitrogen and oxygen atoms in total. The standard InChI is InChI=1S/C15H21ClN2O3/c1-10(2)7-8-17-13(15(20)21)9-14(19)18-12-6-4-3-5-11(12)16/h3-6,10,13,17H,7-9H2,1-2H3,(H,18,19)(H,20,21)/t13-/m0/s1. The maximum Gasteiger partial charge on any atom is 0.321 e. The van der Waals surface area contributed by atoms with Gasteiger partial charge in [-0.3, -0.25) is 9.59 Å². The summed E-state index contributed by atoms with van der Waals surface area (Å²) in [5, 5.41) is 15.1. The number of carboxylic acid groups (broad SMARTS) is 1. The Morgan fingerprint density at radius 2 is 1.95 bits per heavy atom. The Hall–Kier alpha value is -1.59. The number of hydrogen-bond donors (Lipinski definition) is 3. The van der Waals surface area contributed by atoms with Gasteiger partial charge in [0, 0.05) is 0 Å². The molecule has 21 heavy (non-hydrogen) atoms. The summed E-state index contributed by atoms with van der Waals surface area (Å²) in [6, 6.07) is 5.93. The number of halogens is 1. The lowest BCUT2D eigenvalue weighted by Crippen LogP contribution is -2.40. The van der Waals surface area contributed by atoms with E-state index >= 15 is 0 Å². The molecule has 6 heteroatoms. The van der Waals surface area contributed by atoms with Crippen LogP contribution in [0.15, 0.2) is 24.3 Å². The fourth-order valence-corrected chi connectivity index (χ4v) is 1.93. The zero-order chi connectivity index (χ0) is 15.8. The Balaban J connectivity index is 2.53. The lowest BCUT2D eigenvalue weighted by Gasteiger charge is -2.15. The summed E-state index contributed by atoms with van der Waals surface area (Å²) in [7, 11) is 0. The van der Waals surface area contributed by atoms with Gasteiger partial charge < -0.3 is 15.7 Å². The largest absolute Gasteiger partial charge is 0.480 e. The Labute approximate surface area is 129 Å². The van der Waals surface area contributed by atoms with Crippen molar-refractivity contribution < 1.29 is 14.7 Å². The average Bonchev–Trinajstić information content (AvgIpc) is 2.39. The van der Waals surface area contributed by atoms with E-state index in [1.165, 1.54) is 0 Å². The molecule has 1 amide bonds. The summed E-state index contributed by atoms with van der Waals surface area (Å²) < 4.78 is 0. The Morgan fingerprint density at radius 3 is 2.52 bits per heavy atom. The van der Waals surface area contributed by atoms with E-state index in [-0.39, 0.29) is 12.3 Å². The van der Waals surface area contributed by atoms with Crippen molar-refractivity contribution in [1.82, 2.24) is 5.32 Å². The van der Waals surface area contributed by atoms with Crippen molar-refractivity contribution in [3.05, 3.63) is 29.3 Å². The molecular weight excluding hydrogens is 292 g/mol. The molecule has 0 radical (unpaired) electrons. The topological polar surface area (TPSA) is 78.4 Å². The Kier molecular flexibility index (Phi) is 7.19. The minimum Gasteiger partial charge on any atom is -0.480 e. The van der Waals surface area contributed by atoms with Crippen LogP contribution >= 0.6 is 11.6 Å². The molecule has 0 fully saturated rings. The third kappa shape index (κ3) is 6.60. The van der Waals surface area contributed by atoms with Crippen LogP contribution in [0.25, 0.3) is 0 Å². The second-order valence-corrected chi connectivity index (χ2v) is 5.67. The van der Waals surface area contributed by atoms with Crippen LogP contribution in [-0.2, 0) is 9.59 Å². The molecule has 0 bridgehead atoms. The number of rotatable bonds is 8. The molecule has 1 aromatic carbocycles. The minimum absolute atomic E-state index is 0.140. The van der Waals surface area contributed by atoms with Gasteiger partial charge in [0.2, 0.25) is 5.91 Å². The van der Waals surface area contributed by atoms with E-state index in [4.69, 9.17) is 16.7 Å². The third-order valence-corrected chi connectivity index (χ3v) is 3.28. The average molecular weight is 313 g/mol. The van der Waals surface area contributed by atoms with Crippen molar-refractivity contribution in [2.75, 3.05) is 11.9 Å². The Bertz CT molecular complexity index is 492. The van der Waals surface area contributed by atoms with Crippen LogP contribution in [0.2, 0.25) is 5.02 Å². The fraction of sp³-hybridized carbons (Fsp3) is 0.467. The number of carbonyl (C=O) groups is 2. The first-order valence-corrected chi connectivity index (χ1v) is 7.28. The number of nitrogens with one attached hydrogen (secondary N) is 2. The SMILES string of the molecule is CC(C)CCN[C@@H](CC(=O)Nc1ccccc1Cl)C(=O)O. The van der Waals surface area contributed by atoms with E-state index in [1.807, 2.05) is 0 Å². The number of benzene rings is 1. The van der Waals surface area contributed by atoms with Gasteiger partial charge in [0.15, 0.2) is 0 Å². The smallest absolute Gasteiger partial charge is 0.321 e. The number of amides is 1. The van der Waals surface area contributed by atoms with Gasteiger partial charge in [0.05, 0.1) is 17.1 Å². The molecule has 0 saturated carbocycles. The summed E-state index contributed by atoms with van der Waals surface area (Å²) in [5.74, 6) is -0.940. The highest BCUT2D eigenvalue weighted by molar-refractivity contribution is 6.33. The molecule has 0 unspecified atom stereocenters. The van der Waals surface area contributed by atoms with Gasteiger partial charge in [0.25, 0.3) is 0 Å². The van der Waals surface area contributed by atoms with Crippen LogP contribution in [0.3, 0.4) is 0 Å². The van der Waals surface area contributed by atoms with E-state index in [0.717, 1.165) is 6.42 Å². The molecule has 0 aliphatic heterocycles. The highest BCUT2D eigenvalue weighted by Crippen LogP contribution is 2.20. The van der Waals surface area contributed by atoms with Crippen LogP contribution < -0.4 is 10.6 Å². The zero-order valence-corrected chi connectivity index (χ0v) is 13.0. The van der Waals surface area contributed by atoms with Crippen LogP contribution in [0, 0.1) is 5.92 Å². The van der Waals surface area contributed by atoms with E-state index in [0.29, 0.717) is 23.2 Å². The number of carbonyl (C=O) groups excluding carboxylic acids is 1. The van der Waals surface area contributed by atoms with Gasteiger partial charge in [-0.1, -0.05) is 37.6 Å². The Morgan fingerprint density at radius 1 is 1.29 bits per heavy atom. The summed E-state index contributed by atoms with van der Waals surface area (Å²) in [6.45, 7) is 4.68. The highest BCUT2D eigenvalue weighted by atomic mass is 35.5. The summed E-state index contributed by atoms with van der Waals surface area (Å²) in [6.07, 6.45) is 0.717. The molecule has 0 aromatic heterocycles. The van der Waals surface area contributed by atoms with Gasteiger partial charge in [-0.05, 0) is 31.0 Å². The van der Waals surface area contributed by atoms with E-state index in [1.54, 1.807) is 24.3 Å². The molecule has 1 rings (SSSR count). The molecule has 3 N–H and O–H groups in total. The maximum absolute atomic E-state index is 11.9. The monoisotopic (exact) mass is 312 g/mol. The summed E-state index contributed by atoms with van der Waals surface area (Å²) >= 11 is 5.94. The van der Waals surface area contributed by atoms with Gasteiger partial charge in [-0.25, -0.2) is 0 Å². The summed E-state index contributed by atoms with van der Waals surface area (Å²) in [5.41, 5.74) is 0.482. The van der Waals surface area contributed by atoms with Crippen LogP contribution in [-0.4, -0.2) is 29.6 Å². The van der Waals surface area contributed by atoms with Gasteiger partial charge in [-0.2, -0.15) is 0 Å². The van der Waals surface area contributed by atoms with Gasteiger partial charge >= 0.3 is 5.97 Å². The van der Waals surface area contributed by atoms with Crippen LogP contribution in [0.1, 0.15) is 26.7 Å². The molecule has 0 spiro atoms. The fourth-order valence-electron chi connectivity index (χ4n) is 1.74. The molecule has 0 aliphatic rings. The molecule has 0 aliphatic carbocycles. The minimum atomic E-state index is -1.03. The van der Waals surface area contributed by atoms with Crippen molar-refractivity contribution >= 4 is 29.2 Å². The number of aliphatic carboxylic acids is 1. The second-order valence-electron chi connectivity index (χ2n) is 5.26. The number of para-hydroxylation sites is 1. The first-order chi connectivity index (χ1) is 9.90. The number of hydrogen-bond acceptors (Lipinski definition) is 3. The van der Waals surface area contributed by atoms with Crippen LogP contribution in [0.5, 0.6) is 0 Å². The van der Waals surface area contributed by atoms with Crippen molar-refractivity contribution in [1.29, 1.82) is 0 Å². The number of carboxylic acids is 1. The van der Waals surface area contributed by atoms with E-state index in [2.05, 4.69) is 24.5 Å². The quantitative estimate of drug-likeness (QED) is 0.689. The third-order valence-electron chi connectivity index (χ3n) is 2.95. The zero-order valence-electron chi connectivity index (χ0n) is 12.2. The van der Waals surface area contributed by atoms with E-state index in [9.17, 15) is 9.59 Å². The molecule has 1 atom stereocenters. The van der Waals surface area contributed by atoms with Gasteiger partial charge in [-0.15, -0.1) is 0 Å². The van der Waals surface area contributed by atoms with Crippen LogP contribution in [0.4, 0.5) is 5.69 Å². The predicted molar refractivity (Wildman–Crippen MR) is 83.6 cm³/mol. The van der Waals surface area contributed by atoms with Crippen molar-refractivity contribution in [2.45, 2.75) is 32.7 Å². The second kappa shape index (κ2) is 8.64. The van der Waals surface area contributed by atoms with Crippen molar-refractivity contribution in [2.24, 2.45) is 5.92 Å². The molecule has 1 aromatic rings. The lowest BCUT2D eigenvalue weighted by molar-refractivity contribution is -0.141. The molecule has 0 saturated heterocycles. The number of anilines is 1. The highest BCUT2D eigenvalue weighted by Gasteiger charge is 2.21. The first-order valence-electron chi connectivity index (χ1n) is 6.90. The van der Waals surface area contributed by atoms with Crippen molar-refractivity contribution in [3.8, 4) is 0 Å². The first kappa shape index (κ1) is 17.5. The molecule has 0 heterocycles. The lowest BCUT2D eigenvalue weighted by atomic mass is 10.1. The van der Waals surface area contributed by atoms with Gasteiger partial charge in [0.1, 0.15) is 6.04 Å².